The highest BCUT2D eigenvalue weighted by atomic mass is 19.1. The fourth-order valence-corrected chi connectivity index (χ4v) is 7.57. The number of nitrogens with zero attached hydrogens (tertiary/aromatic N) is 1. The molecule has 0 radical (unpaired) electrons. The van der Waals surface area contributed by atoms with Crippen molar-refractivity contribution in [2.45, 2.75) is 277 Å². The molecular weight excluding hydrogens is 674 g/mol. The summed E-state index contributed by atoms with van der Waals surface area (Å²) in [6.45, 7) is 13.9. The first kappa shape index (κ1) is 53.3. The van der Waals surface area contributed by atoms with Gasteiger partial charge in [-0.2, -0.15) is 0 Å². The Balaban J connectivity index is 4.24. The summed E-state index contributed by atoms with van der Waals surface area (Å²) in [5.74, 6) is -0.0290. The van der Waals surface area contributed by atoms with Crippen LogP contribution in [0.15, 0.2) is 0 Å². The second-order valence-electron chi connectivity index (χ2n) is 17.4. The van der Waals surface area contributed by atoms with Crippen molar-refractivity contribution in [1.29, 1.82) is 0 Å². The van der Waals surface area contributed by atoms with E-state index in [-0.39, 0.29) is 12.1 Å². The van der Waals surface area contributed by atoms with Crippen molar-refractivity contribution in [3.05, 3.63) is 0 Å². The number of carbonyl (C=O) groups excluding carboxylic acids is 1. The highest BCUT2D eigenvalue weighted by molar-refractivity contribution is 5.69. The van der Waals surface area contributed by atoms with Crippen molar-refractivity contribution in [2.75, 3.05) is 26.2 Å². The quantitative estimate of drug-likeness (QED) is 0.0380. The Morgan fingerprint density at radius 1 is 0.537 bits per heavy atom. The third-order valence-corrected chi connectivity index (χ3v) is 11.1. The van der Waals surface area contributed by atoms with Crippen LogP contribution < -0.4 is 0 Å². The van der Waals surface area contributed by atoms with Crippen LogP contribution >= 0.6 is 0 Å². The van der Waals surface area contributed by atoms with Gasteiger partial charge in [0, 0.05) is 6.42 Å². The first-order valence-electron chi connectivity index (χ1n) is 24.1. The summed E-state index contributed by atoms with van der Waals surface area (Å²) < 4.78 is 25.8. The monoisotopic (exact) mass is 770 g/mol. The fraction of sp³-hybridized carbons (Fsp3) is 0.979. The Morgan fingerprint density at radius 2 is 0.926 bits per heavy atom. The first-order chi connectivity index (χ1) is 26.2. The minimum atomic E-state index is -1.10. The summed E-state index contributed by atoms with van der Waals surface area (Å²) in [7, 11) is 0. The smallest absolute Gasteiger partial charge is 0.305 e. The number of unbranched alkanes of at least 4 members (excludes halogenated alkanes) is 24. The normalized spacial score (nSPS) is 12.7. The van der Waals surface area contributed by atoms with Crippen LogP contribution in [0.4, 0.5) is 4.39 Å². The van der Waals surface area contributed by atoms with E-state index in [1.54, 1.807) is 13.8 Å². The molecule has 324 valence electrons. The van der Waals surface area contributed by atoms with Crippen molar-refractivity contribution in [3.63, 3.8) is 0 Å². The molecule has 0 aromatic carbocycles. The number of rotatable bonds is 44. The number of alkyl halides is 1. The second kappa shape index (κ2) is 40.5. The lowest BCUT2D eigenvalue weighted by molar-refractivity contribution is -0.144. The van der Waals surface area contributed by atoms with E-state index >= 15 is 0 Å². The van der Waals surface area contributed by atoms with Crippen molar-refractivity contribution in [3.8, 4) is 0 Å². The Labute approximate surface area is 337 Å². The van der Waals surface area contributed by atoms with Gasteiger partial charge in [-0.1, -0.05) is 175 Å². The molecular formula is C48H96FNO4. The molecule has 0 aliphatic carbocycles. The van der Waals surface area contributed by atoms with Crippen molar-refractivity contribution in [2.24, 2.45) is 0 Å². The predicted molar refractivity (Wildman–Crippen MR) is 232 cm³/mol. The summed E-state index contributed by atoms with van der Waals surface area (Å²) in [6, 6.07) is 0. The maximum Gasteiger partial charge on any atom is 0.305 e. The summed E-state index contributed by atoms with van der Waals surface area (Å²) >= 11 is 0. The molecule has 0 amide bonds. The molecule has 0 heterocycles. The number of aliphatic hydroxyl groups excluding tert-OH is 1. The maximum absolute atomic E-state index is 14.2. The molecule has 0 rings (SSSR count). The molecule has 54 heavy (non-hydrogen) atoms. The van der Waals surface area contributed by atoms with E-state index in [1.807, 2.05) is 0 Å². The zero-order valence-corrected chi connectivity index (χ0v) is 37.2. The largest absolute Gasteiger partial charge is 0.466 e. The molecule has 0 aromatic heterocycles. The van der Waals surface area contributed by atoms with Gasteiger partial charge in [0.2, 0.25) is 0 Å². The molecule has 0 fully saturated rings. The van der Waals surface area contributed by atoms with Crippen LogP contribution in [-0.2, 0) is 14.3 Å². The molecule has 0 saturated carbocycles. The maximum atomic E-state index is 14.2. The van der Waals surface area contributed by atoms with Crippen molar-refractivity contribution in [1.82, 2.24) is 4.90 Å². The Morgan fingerprint density at radius 3 is 1.41 bits per heavy atom. The number of aliphatic hydroxyl groups is 1. The van der Waals surface area contributed by atoms with Gasteiger partial charge in [-0.3, -0.25) is 4.79 Å². The van der Waals surface area contributed by atoms with E-state index in [2.05, 4.69) is 25.7 Å². The molecule has 0 aromatic rings. The topological polar surface area (TPSA) is 59.0 Å². The van der Waals surface area contributed by atoms with E-state index in [0.29, 0.717) is 19.4 Å². The fourth-order valence-electron chi connectivity index (χ4n) is 7.57. The standard InChI is InChI=1S/C48H96FNO4/c1-6-9-12-15-18-27-34-44-53-46(51)38-30-23-19-25-32-41-50(43-35-40-48(4,5)49)42-33-26-20-24-31-39-47(52)54-45(36-28-21-16-13-10-7-2)37-29-22-17-14-11-8-3/h45,47,52H,6-44H2,1-5H3. The van der Waals surface area contributed by atoms with Crippen LogP contribution in [0.3, 0.4) is 0 Å². The lowest BCUT2D eigenvalue weighted by atomic mass is 10.0. The molecule has 1 unspecified atom stereocenters. The number of hydrogen-bond acceptors (Lipinski definition) is 5. The lowest BCUT2D eigenvalue weighted by Gasteiger charge is -2.24. The third kappa shape index (κ3) is 40.9. The zero-order chi connectivity index (χ0) is 39.8. The van der Waals surface area contributed by atoms with Crippen LogP contribution in [0, 0.1) is 0 Å². The van der Waals surface area contributed by atoms with Crippen LogP contribution in [0.1, 0.15) is 259 Å². The highest BCUT2D eigenvalue weighted by Crippen LogP contribution is 2.21. The SMILES string of the molecule is CCCCCCCCCOC(=O)CCCCCCCN(CCCCCCCC(O)OC(CCCCCCCC)CCCCCCCC)CCCC(C)(C)F. The van der Waals surface area contributed by atoms with Crippen molar-refractivity contribution >= 4 is 5.97 Å². The number of hydrogen-bond donors (Lipinski definition) is 1. The molecule has 5 nitrogen and oxygen atoms in total. The van der Waals surface area contributed by atoms with Gasteiger partial charge < -0.3 is 19.5 Å². The Hall–Kier alpha value is -0.720. The van der Waals surface area contributed by atoms with Crippen LogP contribution in [-0.4, -0.2) is 60.3 Å². The van der Waals surface area contributed by atoms with E-state index in [4.69, 9.17) is 9.47 Å². The zero-order valence-electron chi connectivity index (χ0n) is 37.2. The van der Waals surface area contributed by atoms with Gasteiger partial charge in [0.1, 0.15) is 5.67 Å². The van der Waals surface area contributed by atoms with Gasteiger partial charge in [-0.15, -0.1) is 0 Å². The molecule has 6 heteroatoms. The molecule has 0 aliphatic rings. The molecule has 1 N–H and O–H groups in total. The first-order valence-corrected chi connectivity index (χ1v) is 24.1. The van der Waals surface area contributed by atoms with Crippen molar-refractivity contribution < 1.29 is 23.8 Å². The van der Waals surface area contributed by atoms with Gasteiger partial charge in [-0.05, 0) is 97.7 Å². The van der Waals surface area contributed by atoms with Gasteiger partial charge >= 0.3 is 5.97 Å². The number of halogens is 1. The van der Waals surface area contributed by atoms with Crippen LogP contribution in [0.25, 0.3) is 0 Å². The lowest BCUT2D eigenvalue weighted by Crippen LogP contribution is -2.28. The van der Waals surface area contributed by atoms with Gasteiger partial charge in [0.05, 0.1) is 12.7 Å². The summed E-state index contributed by atoms with van der Waals surface area (Å²) in [5.41, 5.74) is -1.10. The molecule has 1 atom stereocenters. The van der Waals surface area contributed by atoms with Gasteiger partial charge in [-0.25, -0.2) is 4.39 Å². The van der Waals surface area contributed by atoms with Gasteiger partial charge in [0.15, 0.2) is 6.29 Å². The average Bonchev–Trinajstić information content (AvgIpc) is 3.13. The molecule has 0 bridgehead atoms. The Bertz CT molecular complexity index is 743. The van der Waals surface area contributed by atoms with Crippen LogP contribution in [0.5, 0.6) is 0 Å². The number of carbonyl (C=O) groups is 1. The predicted octanol–water partition coefficient (Wildman–Crippen LogP) is 15.0. The minimum absolute atomic E-state index is 0.0290. The molecule has 0 saturated heterocycles. The van der Waals surface area contributed by atoms with E-state index in [9.17, 15) is 14.3 Å². The molecule has 0 spiro atoms. The second-order valence-corrected chi connectivity index (χ2v) is 17.4. The Kier molecular flexibility index (Phi) is 39.9. The van der Waals surface area contributed by atoms with E-state index in [0.717, 1.165) is 90.3 Å². The van der Waals surface area contributed by atoms with Crippen LogP contribution in [0.2, 0.25) is 0 Å². The van der Waals surface area contributed by atoms with E-state index < -0.39 is 12.0 Å². The third-order valence-electron chi connectivity index (χ3n) is 11.1. The average molecular weight is 770 g/mol. The van der Waals surface area contributed by atoms with Gasteiger partial charge in [0.25, 0.3) is 0 Å². The highest BCUT2D eigenvalue weighted by Gasteiger charge is 2.17. The summed E-state index contributed by atoms with van der Waals surface area (Å²) in [5, 5.41) is 10.8. The minimum Gasteiger partial charge on any atom is -0.466 e. The summed E-state index contributed by atoms with van der Waals surface area (Å²) in [6.07, 6.45) is 40.1. The van der Waals surface area contributed by atoms with E-state index in [1.165, 1.54) is 141 Å². The number of esters is 1. The number of ether oxygens (including phenoxy) is 2. The molecule has 0 aliphatic heterocycles. The summed E-state index contributed by atoms with van der Waals surface area (Å²) in [4.78, 5) is 14.6.